The normalized spacial score (nSPS) is 15.6. The van der Waals surface area contributed by atoms with Gasteiger partial charge in [-0.2, -0.15) is 0 Å². The van der Waals surface area contributed by atoms with Gasteiger partial charge in [-0.1, -0.05) is 18.3 Å². The van der Waals surface area contributed by atoms with Crippen molar-refractivity contribution in [3.8, 4) is 0 Å². The fourth-order valence-corrected chi connectivity index (χ4v) is 1.55. The van der Waals surface area contributed by atoms with Crippen LogP contribution in [-0.4, -0.2) is 21.6 Å². The number of hydrogen-bond donors (Lipinski definition) is 1. The van der Waals surface area contributed by atoms with Crippen LogP contribution in [0.25, 0.3) is 0 Å². The maximum absolute atomic E-state index is 5.82. The van der Waals surface area contributed by atoms with E-state index in [0.29, 0.717) is 5.88 Å². The van der Waals surface area contributed by atoms with E-state index in [1.165, 1.54) is 11.3 Å². The van der Waals surface area contributed by atoms with E-state index in [-0.39, 0.29) is 5.54 Å². The standard InChI is InChI=1S/C7H12ClN3S/c1-3-7(2,4-8)10-6-11-9-5-12-6/h5H,3-4H2,1-2H3,(H,10,11). The Hall–Kier alpha value is -0.350. The van der Waals surface area contributed by atoms with Crippen LogP contribution in [0.2, 0.25) is 0 Å². The summed E-state index contributed by atoms with van der Waals surface area (Å²) in [5.41, 5.74) is 1.63. The van der Waals surface area contributed by atoms with E-state index < -0.39 is 0 Å². The second-order valence-electron chi connectivity index (χ2n) is 2.92. The molecule has 1 rings (SSSR count). The van der Waals surface area contributed by atoms with Crippen LogP contribution in [-0.2, 0) is 0 Å². The Labute approximate surface area is 81.2 Å². The molecule has 68 valence electrons. The predicted molar refractivity (Wildman–Crippen MR) is 52.9 cm³/mol. The molecule has 1 N–H and O–H groups in total. The summed E-state index contributed by atoms with van der Waals surface area (Å²) in [6.45, 7) is 4.16. The molecule has 0 saturated carbocycles. The maximum atomic E-state index is 5.82. The van der Waals surface area contributed by atoms with Crippen LogP contribution < -0.4 is 5.32 Å². The van der Waals surface area contributed by atoms with Crippen LogP contribution >= 0.6 is 22.9 Å². The molecule has 0 radical (unpaired) electrons. The average molecular weight is 206 g/mol. The molecule has 1 unspecified atom stereocenters. The van der Waals surface area contributed by atoms with Crippen molar-refractivity contribution in [1.82, 2.24) is 10.2 Å². The van der Waals surface area contributed by atoms with Gasteiger partial charge in [0.05, 0.1) is 5.54 Å². The zero-order chi connectivity index (χ0) is 9.03. The lowest BCUT2D eigenvalue weighted by atomic mass is 10.0. The van der Waals surface area contributed by atoms with Crippen molar-refractivity contribution in [1.29, 1.82) is 0 Å². The minimum atomic E-state index is -0.0684. The van der Waals surface area contributed by atoms with Crippen LogP contribution in [0.4, 0.5) is 5.13 Å². The zero-order valence-corrected chi connectivity index (χ0v) is 8.74. The highest BCUT2D eigenvalue weighted by molar-refractivity contribution is 7.13. The molecular formula is C7H12ClN3S. The molecule has 0 aliphatic heterocycles. The highest BCUT2D eigenvalue weighted by atomic mass is 35.5. The molecule has 5 heteroatoms. The number of halogens is 1. The summed E-state index contributed by atoms with van der Waals surface area (Å²) in [7, 11) is 0. The molecule has 1 heterocycles. The van der Waals surface area contributed by atoms with Crippen molar-refractivity contribution in [2.24, 2.45) is 0 Å². The van der Waals surface area contributed by atoms with Crippen LogP contribution in [0, 0.1) is 0 Å². The first-order chi connectivity index (χ1) is 5.70. The fourth-order valence-electron chi connectivity index (χ4n) is 0.702. The van der Waals surface area contributed by atoms with Crippen LogP contribution in [0.15, 0.2) is 5.51 Å². The number of alkyl halides is 1. The molecule has 0 aliphatic rings. The third kappa shape index (κ3) is 2.32. The minimum Gasteiger partial charge on any atom is -0.354 e. The van der Waals surface area contributed by atoms with Crippen molar-refractivity contribution in [2.75, 3.05) is 11.2 Å². The summed E-state index contributed by atoms with van der Waals surface area (Å²) in [6.07, 6.45) is 0.968. The molecule has 0 aromatic carbocycles. The molecule has 3 nitrogen and oxygen atoms in total. The summed E-state index contributed by atoms with van der Waals surface area (Å²) in [5, 5.41) is 11.7. The highest BCUT2D eigenvalue weighted by Crippen LogP contribution is 2.20. The maximum Gasteiger partial charge on any atom is 0.205 e. The number of rotatable bonds is 4. The van der Waals surface area contributed by atoms with Crippen LogP contribution in [0.5, 0.6) is 0 Å². The lowest BCUT2D eigenvalue weighted by molar-refractivity contribution is 0.552. The molecule has 0 fully saturated rings. The molecule has 1 aromatic heterocycles. The fraction of sp³-hybridized carbons (Fsp3) is 0.714. The first-order valence-corrected chi connectivity index (χ1v) is 5.22. The van der Waals surface area contributed by atoms with Crippen molar-refractivity contribution in [3.63, 3.8) is 0 Å². The van der Waals surface area contributed by atoms with E-state index in [0.717, 1.165) is 11.6 Å². The number of anilines is 1. The SMILES string of the molecule is CCC(C)(CCl)Nc1nncs1. The smallest absolute Gasteiger partial charge is 0.205 e. The monoisotopic (exact) mass is 205 g/mol. The van der Waals surface area contributed by atoms with Gasteiger partial charge in [-0.05, 0) is 13.3 Å². The van der Waals surface area contributed by atoms with Crippen LogP contribution in [0.1, 0.15) is 20.3 Å². The number of nitrogens with one attached hydrogen (secondary N) is 1. The summed E-state index contributed by atoms with van der Waals surface area (Å²) in [5.74, 6) is 0.573. The Kier molecular flexibility index (Phi) is 3.29. The van der Waals surface area contributed by atoms with Crippen molar-refractivity contribution in [2.45, 2.75) is 25.8 Å². The van der Waals surface area contributed by atoms with Crippen molar-refractivity contribution < 1.29 is 0 Å². The first kappa shape index (κ1) is 9.74. The summed E-state index contributed by atoms with van der Waals surface area (Å²) in [4.78, 5) is 0. The van der Waals surface area contributed by atoms with Gasteiger partial charge in [0, 0.05) is 5.88 Å². The lowest BCUT2D eigenvalue weighted by Gasteiger charge is -2.26. The Morgan fingerprint density at radius 3 is 2.92 bits per heavy atom. The molecule has 0 aliphatic carbocycles. The largest absolute Gasteiger partial charge is 0.354 e. The van der Waals surface area contributed by atoms with Gasteiger partial charge in [0.2, 0.25) is 5.13 Å². The van der Waals surface area contributed by atoms with Gasteiger partial charge in [-0.15, -0.1) is 21.8 Å². The van der Waals surface area contributed by atoms with E-state index in [9.17, 15) is 0 Å². The molecule has 0 bridgehead atoms. The van der Waals surface area contributed by atoms with Gasteiger partial charge in [-0.3, -0.25) is 0 Å². The molecule has 12 heavy (non-hydrogen) atoms. The van der Waals surface area contributed by atoms with Gasteiger partial charge in [0.25, 0.3) is 0 Å². The molecule has 0 spiro atoms. The van der Waals surface area contributed by atoms with Crippen LogP contribution in [0.3, 0.4) is 0 Å². The molecule has 0 amide bonds. The Balaban J connectivity index is 2.60. The van der Waals surface area contributed by atoms with Gasteiger partial charge in [0.1, 0.15) is 5.51 Å². The number of hydrogen-bond acceptors (Lipinski definition) is 4. The molecule has 1 aromatic rings. The van der Waals surface area contributed by atoms with Gasteiger partial charge in [0.15, 0.2) is 0 Å². The lowest BCUT2D eigenvalue weighted by Crippen LogP contribution is -2.35. The van der Waals surface area contributed by atoms with E-state index in [2.05, 4.69) is 29.4 Å². The average Bonchev–Trinajstić information content (AvgIpc) is 2.57. The van der Waals surface area contributed by atoms with E-state index in [1.54, 1.807) is 5.51 Å². The van der Waals surface area contributed by atoms with Gasteiger partial charge in [-0.25, -0.2) is 0 Å². The third-order valence-corrected chi connectivity index (χ3v) is 3.04. The van der Waals surface area contributed by atoms with Gasteiger partial charge >= 0.3 is 0 Å². The minimum absolute atomic E-state index is 0.0684. The number of aromatic nitrogens is 2. The van der Waals surface area contributed by atoms with Gasteiger partial charge < -0.3 is 5.32 Å². The predicted octanol–water partition coefficient (Wildman–Crippen LogP) is 2.36. The summed E-state index contributed by atoms with van der Waals surface area (Å²) >= 11 is 7.31. The Morgan fingerprint density at radius 2 is 2.50 bits per heavy atom. The zero-order valence-electron chi connectivity index (χ0n) is 7.17. The Morgan fingerprint density at radius 1 is 1.75 bits per heavy atom. The van der Waals surface area contributed by atoms with Crippen molar-refractivity contribution in [3.05, 3.63) is 5.51 Å². The topological polar surface area (TPSA) is 37.8 Å². The molecule has 0 saturated heterocycles. The number of nitrogens with zero attached hydrogens (tertiary/aromatic N) is 2. The summed E-state index contributed by atoms with van der Waals surface area (Å²) < 4.78 is 0. The first-order valence-electron chi connectivity index (χ1n) is 3.80. The van der Waals surface area contributed by atoms with E-state index >= 15 is 0 Å². The van der Waals surface area contributed by atoms with E-state index in [1.807, 2.05) is 0 Å². The Bertz CT molecular complexity index is 221. The third-order valence-electron chi connectivity index (χ3n) is 1.84. The van der Waals surface area contributed by atoms with Crippen molar-refractivity contribution >= 4 is 28.1 Å². The van der Waals surface area contributed by atoms with E-state index in [4.69, 9.17) is 11.6 Å². The molecular weight excluding hydrogens is 194 g/mol. The quantitative estimate of drug-likeness (QED) is 0.767. The summed E-state index contributed by atoms with van der Waals surface area (Å²) in [6, 6.07) is 0. The molecule has 1 atom stereocenters. The highest BCUT2D eigenvalue weighted by Gasteiger charge is 2.21. The second kappa shape index (κ2) is 4.05. The second-order valence-corrected chi connectivity index (χ2v) is 4.02.